The number of nitrogens with zero attached hydrogens (tertiary/aromatic N) is 2. The minimum atomic E-state index is -0.152. The fraction of sp³-hybridized carbons (Fsp3) is 0.125. The number of thioether (sulfide) groups is 1. The number of hydrogen-bond donors (Lipinski definition) is 0. The third kappa shape index (κ3) is 4.00. The van der Waals surface area contributed by atoms with E-state index in [1.807, 2.05) is 49.4 Å². The Bertz CT molecular complexity index is 1280. The number of Topliss-reactive ketones (excluding diaryl/α,β-unsaturated/α-hetero) is 1. The van der Waals surface area contributed by atoms with Crippen LogP contribution in [-0.4, -0.2) is 28.2 Å². The van der Waals surface area contributed by atoms with E-state index in [-0.39, 0.29) is 17.1 Å². The summed E-state index contributed by atoms with van der Waals surface area (Å²) in [6.45, 7) is 1.99. The third-order valence-corrected chi connectivity index (χ3v) is 5.70. The largest absolute Gasteiger partial charge is 0.497 e. The number of carbonyl (C=O) groups is 1. The molecule has 0 bridgehead atoms. The molecule has 150 valence electrons. The number of ketones is 1. The molecule has 3 aromatic carbocycles. The normalized spacial score (nSPS) is 10.9. The number of methoxy groups -OCH3 is 1. The third-order valence-electron chi connectivity index (χ3n) is 4.76. The molecular formula is C24H20N2O3S. The fourth-order valence-corrected chi connectivity index (χ4v) is 4.05. The van der Waals surface area contributed by atoms with Gasteiger partial charge in [0.2, 0.25) is 0 Å². The summed E-state index contributed by atoms with van der Waals surface area (Å²) in [7, 11) is 1.57. The first kappa shape index (κ1) is 19.9. The second-order valence-corrected chi connectivity index (χ2v) is 7.77. The molecule has 0 aliphatic heterocycles. The van der Waals surface area contributed by atoms with E-state index < -0.39 is 0 Å². The molecule has 0 N–H and O–H groups in total. The van der Waals surface area contributed by atoms with Gasteiger partial charge in [-0.3, -0.25) is 14.2 Å². The monoisotopic (exact) mass is 416 g/mol. The van der Waals surface area contributed by atoms with Gasteiger partial charge in [0.15, 0.2) is 10.9 Å². The average molecular weight is 417 g/mol. The molecular weight excluding hydrogens is 396 g/mol. The number of para-hydroxylation sites is 1. The molecule has 5 nitrogen and oxygen atoms in total. The van der Waals surface area contributed by atoms with Gasteiger partial charge in [-0.25, -0.2) is 4.98 Å². The summed E-state index contributed by atoms with van der Waals surface area (Å²) < 4.78 is 6.78. The van der Waals surface area contributed by atoms with E-state index >= 15 is 0 Å². The second kappa shape index (κ2) is 8.55. The quantitative estimate of drug-likeness (QED) is 0.260. The number of aromatic nitrogens is 2. The Morgan fingerprint density at radius 1 is 1.03 bits per heavy atom. The van der Waals surface area contributed by atoms with Crippen LogP contribution < -0.4 is 10.3 Å². The van der Waals surface area contributed by atoms with Crippen LogP contribution in [-0.2, 0) is 0 Å². The Kier molecular flexibility index (Phi) is 5.68. The number of ether oxygens (including phenoxy) is 1. The Hall–Kier alpha value is -3.38. The topological polar surface area (TPSA) is 61.2 Å². The number of aryl methyl sites for hydroxylation is 1. The molecule has 30 heavy (non-hydrogen) atoms. The van der Waals surface area contributed by atoms with Crippen LogP contribution in [0.4, 0.5) is 0 Å². The van der Waals surface area contributed by atoms with Gasteiger partial charge >= 0.3 is 0 Å². The van der Waals surface area contributed by atoms with Gasteiger partial charge in [0.25, 0.3) is 5.56 Å². The molecule has 0 unspecified atom stereocenters. The Labute approximate surface area is 178 Å². The maximum Gasteiger partial charge on any atom is 0.266 e. The van der Waals surface area contributed by atoms with E-state index in [1.54, 1.807) is 42.0 Å². The van der Waals surface area contributed by atoms with Crippen molar-refractivity contribution in [3.05, 3.63) is 94.3 Å². The van der Waals surface area contributed by atoms with Gasteiger partial charge in [0, 0.05) is 5.56 Å². The Morgan fingerprint density at radius 3 is 2.57 bits per heavy atom. The van der Waals surface area contributed by atoms with Crippen LogP contribution in [0, 0.1) is 6.92 Å². The molecule has 0 spiro atoms. The highest BCUT2D eigenvalue weighted by Crippen LogP contribution is 2.23. The van der Waals surface area contributed by atoms with Crippen molar-refractivity contribution in [2.75, 3.05) is 12.9 Å². The Morgan fingerprint density at radius 2 is 1.80 bits per heavy atom. The van der Waals surface area contributed by atoms with Crippen molar-refractivity contribution < 1.29 is 9.53 Å². The van der Waals surface area contributed by atoms with E-state index in [9.17, 15) is 9.59 Å². The molecule has 0 atom stereocenters. The molecule has 6 heteroatoms. The maximum atomic E-state index is 13.2. The molecule has 1 aromatic heterocycles. The molecule has 0 radical (unpaired) electrons. The first-order valence-corrected chi connectivity index (χ1v) is 10.4. The van der Waals surface area contributed by atoms with Crippen LogP contribution in [0.2, 0.25) is 0 Å². The summed E-state index contributed by atoms with van der Waals surface area (Å²) in [5, 5.41) is 1.03. The first-order valence-electron chi connectivity index (χ1n) is 9.46. The van der Waals surface area contributed by atoms with E-state index in [0.29, 0.717) is 27.4 Å². The molecule has 0 fully saturated rings. The molecule has 0 saturated carbocycles. The molecule has 0 amide bonds. The molecule has 0 aliphatic carbocycles. The van der Waals surface area contributed by atoms with E-state index in [0.717, 1.165) is 11.3 Å². The van der Waals surface area contributed by atoms with Gasteiger partial charge in [0.1, 0.15) is 5.75 Å². The molecule has 4 aromatic rings. The van der Waals surface area contributed by atoms with Crippen molar-refractivity contribution in [3.63, 3.8) is 0 Å². The predicted octanol–water partition coefficient (Wildman–Crippen LogP) is 4.68. The number of fused-ring (bicyclic) bond motifs is 1. The summed E-state index contributed by atoms with van der Waals surface area (Å²) in [5.41, 5.74) is 2.85. The summed E-state index contributed by atoms with van der Waals surface area (Å²) in [6, 6.07) is 22.0. The number of carbonyl (C=O) groups excluding carboxylic acids is 1. The number of rotatable bonds is 6. The molecule has 0 aliphatic rings. The zero-order valence-corrected chi connectivity index (χ0v) is 17.5. The van der Waals surface area contributed by atoms with Crippen LogP contribution in [0.25, 0.3) is 16.6 Å². The average Bonchev–Trinajstić information content (AvgIpc) is 2.78. The van der Waals surface area contributed by atoms with Crippen molar-refractivity contribution in [2.24, 2.45) is 0 Å². The fourth-order valence-electron chi connectivity index (χ4n) is 3.14. The standard InChI is InChI=1S/C24H20N2O3S/c1-16-10-12-18(13-11-16)26-23(28)20-8-3-4-9-21(20)25-24(26)30-15-22(27)17-6-5-7-19(14-17)29-2/h3-14H,15H2,1-2H3. The first-order chi connectivity index (χ1) is 14.6. The van der Waals surface area contributed by atoms with Gasteiger partial charge in [-0.2, -0.15) is 0 Å². The lowest BCUT2D eigenvalue weighted by Gasteiger charge is -2.13. The van der Waals surface area contributed by atoms with Crippen molar-refractivity contribution in [1.29, 1.82) is 0 Å². The lowest BCUT2D eigenvalue weighted by molar-refractivity contribution is 0.102. The van der Waals surface area contributed by atoms with E-state index in [4.69, 9.17) is 4.74 Å². The maximum absolute atomic E-state index is 13.2. The second-order valence-electron chi connectivity index (χ2n) is 6.83. The van der Waals surface area contributed by atoms with Crippen molar-refractivity contribution >= 4 is 28.4 Å². The van der Waals surface area contributed by atoms with E-state index in [1.165, 1.54) is 11.8 Å². The lowest BCUT2D eigenvalue weighted by atomic mass is 10.1. The summed E-state index contributed by atoms with van der Waals surface area (Å²) in [5.74, 6) is 0.729. The minimum Gasteiger partial charge on any atom is -0.497 e. The van der Waals surface area contributed by atoms with Crippen LogP contribution in [0.5, 0.6) is 5.75 Å². The van der Waals surface area contributed by atoms with Crippen molar-refractivity contribution in [3.8, 4) is 11.4 Å². The van der Waals surface area contributed by atoms with Gasteiger partial charge < -0.3 is 4.74 Å². The molecule has 0 saturated heterocycles. The van der Waals surface area contributed by atoms with Crippen LogP contribution in [0.1, 0.15) is 15.9 Å². The van der Waals surface area contributed by atoms with Crippen molar-refractivity contribution in [1.82, 2.24) is 9.55 Å². The highest BCUT2D eigenvalue weighted by molar-refractivity contribution is 7.99. The van der Waals surface area contributed by atoms with Crippen LogP contribution in [0.15, 0.2) is 82.7 Å². The highest BCUT2D eigenvalue weighted by Gasteiger charge is 2.15. The highest BCUT2D eigenvalue weighted by atomic mass is 32.2. The zero-order chi connectivity index (χ0) is 21.1. The van der Waals surface area contributed by atoms with Crippen LogP contribution >= 0.6 is 11.8 Å². The minimum absolute atomic E-state index is 0.0586. The Balaban J connectivity index is 1.73. The van der Waals surface area contributed by atoms with Gasteiger partial charge in [0.05, 0.1) is 29.5 Å². The predicted molar refractivity (Wildman–Crippen MR) is 120 cm³/mol. The summed E-state index contributed by atoms with van der Waals surface area (Å²) >= 11 is 1.25. The zero-order valence-electron chi connectivity index (χ0n) is 16.7. The summed E-state index contributed by atoms with van der Waals surface area (Å²) in [6.07, 6.45) is 0. The molecule has 1 heterocycles. The van der Waals surface area contributed by atoms with Gasteiger partial charge in [-0.05, 0) is 43.3 Å². The lowest BCUT2D eigenvalue weighted by Crippen LogP contribution is -2.22. The van der Waals surface area contributed by atoms with Crippen molar-refractivity contribution in [2.45, 2.75) is 12.1 Å². The van der Waals surface area contributed by atoms with Gasteiger partial charge in [-0.15, -0.1) is 0 Å². The summed E-state index contributed by atoms with van der Waals surface area (Å²) in [4.78, 5) is 30.7. The van der Waals surface area contributed by atoms with Gasteiger partial charge in [-0.1, -0.05) is 53.7 Å². The van der Waals surface area contributed by atoms with E-state index in [2.05, 4.69) is 4.98 Å². The number of hydrogen-bond acceptors (Lipinski definition) is 5. The smallest absolute Gasteiger partial charge is 0.266 e. The molecule has 4 rings (SSSR count). The SMILES string of the molecule is COc1cccc(C(=O)CSc2nc3ccccc3c(=O)n2-c2ccc(C)cc2)c1. The number of benzene rings is 3. The van der Waals surface area contributed by atoms with Crippen LogP contribution in [0.3, 0.4) is 0 Å².